The number of benzene rings is 1. The Hall–Kier alpha value is -1.62. The maximum Gasteiger partial charge on any atom is 0.523 e. The molecule has 0 saturated heterocycles. The minimum atomic E-state index is -6.06. The lowest BCUT2D eigenvalue weighted by Crippen LogP contribution is -2.27. The second kappa shape index (κ2) is 7.51. The molecule has 0 radical (unpaired) electrons. The number of halogens is 3. The van der Waals surface area contributed by atoms with E-state index < -0.39 is 41.6 Å². The summed E-state index contributed by atoms with van der Waals surface area (Å²) < 4.78 is 84.0. The first-order chi connectivity index (χ1) is 10.9. The van der Waals surface area contributed by atoms with Crippen LogP contribution in [0.2, 0.25) is 0 Å². The van der Waals surface area contributed by atoms with Crippen LogP contribution in [0.4, 0.5) is 13.2 Å². The Morgan fingerprint density at radius 3 is 2.29 bits per heavy atom. The molecule has 0 aliphatic heterocycles. The van der Waals surface area contributed by atoms with Gasteiger partial charge in [-0.1, -0.05) is 18.2 Å². The van der Waals surface area contributed by atoms with Crippen LogP contribution in [0.15, 0.2) is 30.3 Å². The van der Waals surface area contributed by atoms with Crippen molar-refractivity contribution >= 4 is 23.7 Å². The summed E-state index contributed by atoms with van der Waals surface area (Å²) in [6.45, 7) is 0.932. The number of para-hydroxylation sites is 1. The molecule has 0 aromatic heterocycles. The number of aliphatic carboxylic acids is 1. The number of carbonyl (C=O) groups is 1. The zero-order valence-corrected chi connectivity index (χ0v) is 13.7. The molecule has 1 aromatic rings. The molecule has 0 amide bonds. The molecule has 8 nitrogen and oxygen atoms in total. The van der Waals surface area contributed by atoms with Crippen LogP contribution in [0, 0.1) is 0 Å². The highest BCUT2D eigenvalue weighted by atomic mass is 32.2. The summed E-state index contributed by atoms with van der Waals surface area (Å²) in [5.74, 6) is -1.74. The molecule has 13 heteroatoms. The third-order valence-electron chi connectivity index (χ3n) is 2.30. The van der Waals surface area contributed by atoms with Gasteiger partial charge >= 0.3 is 29.2 Å². The molecule has 0 heterocycles. The molecule has 0 spiro atoms. The van der Waals surface area contributed by atoms with Crippen LogP contribution in [0.25, 0.3) is 0 Å². The number of alkyl halides is 3. The normalized spacial score (nSPS) is 16.2. The fraction of sp³-hybridized carbons (Fsp3) is 0.364. The molecular formula is C11H12F3O8PS. The van der Waals surface area contributed by atoms with Gasteiger partial charge in [-0.2, -0.15) is 21.6 Å². The number of carboxylic acid groups (broad SMARTS) is 1. The lowest BCUT2D eigenvalue weighted by molar-refractivity contribution is -0.144. The Balaban J connectivity index is 3.01. The summed E-state index contributed by atoms with van der Waals surface area (Å²) in [7, 11) is -10.8. The van der Waals surface area contributed by atoms with Gasteiger partial charge in [0.25, 0.3) is 0 Å². The topological polar surface area (TPSA) is 116 Å². The lowest BCUT2D eigenvalue weighted by Gasteiger charge is -2.21. The number of hydrogen-bond acceptors (Lipinski definition) is 7. The number of hydrogen-bond donors (Lipinski definition) is 1. The van der Waals surface area contributed by atoms with E-state index in [2.05, 4.69) is 8.71 Å². The largest absolute Gasteiger partial charge is 0.523 e. The summed E-state index contributed by atoms with van der Waals surface area (Å²) in [6.07, 6.45) is -3.40. The van der Waals surface area contributed by atoms with Crippen molar-refractivity contribution in [1.82, 2.24) is 0 Å². The fourth-order valence-corrected chi connectivity index (χ4v) is 3.58. The van der Waals surface area contributed by atoms with Crippen molar-refractivity contribution in [3.05, 3.63) is 30.3 Å². The predicted octanol–water partition coefficient (Wildman–Crippen LogP) is 2.57. The van der Waals surface area contributed by atoms with Crippen LogP contribution in [0.5, 0.6) is 5.75 Å². The minimum absolute atomic E-state index is 0.147. The molecule has 0 aliphatic carbocycles. The molecule has 1 aromatic carbocycles. The van der Waals surface area contributed by atoms with Gasteiger partial charge in [-0.15, -0.1) is 0 Å². The Morgan fingerprint density at radius 2 is 1.83 bits per heavy atom. The summed E-state index contributed by atoms with van der Waals surface area (Å²) in [5.41, 5.74) is -5.75. The molecule has 0 saturated carbocycles. The molecule has 0 fully saturated rings. The number of carboxylic acids is 1. The quantitative estimate of drug-likeness (QED) is 0.408. The second-order valence-corrected chi connectivity index (χ2v) is 7.73. The minimum Gasteiger partial charge on any atom is -0.479 e. The maximum atomic E-state index is 12.4. The van der Waals surface area contributed by atoms with Gasteiger partial charge in [0.05, 0.1) is 0 Å². The average molecular weight is 392 g/mol. The Kier molecular flexibility index (Phi) is 6.39. The van der Waals surface area contributed by atoms with Gasteiger partial charge in [-0.25, -0.2) is 13.5 Å². The summed E-state index contributed by atoms with van der Waals surface area (Å²) >= 11 is 0. The first kappa shape index (κ1) is 20.4. The highest BCUT2D eigenvalue weighted by molar-refractivity contribution is 7.87. The van der Waals surface area contributed by atoms with Crippen LogP contribution < -0.4 is 4.52 Å². The molecule has 2 atom stereocenters. The third kappa shape index (κ3) is 5.78. The first-order valence-corrected chi connectivity index (χ1v) is 9.20. The Labute approximate surface area is 134 Å². The van der Waals surface area contributed by atoms with E-state index in [0.717, 1.165) is 6.92 Å². The SMILES string of the molecule is CC(OP(=O)(COS(=O)(=O)C(F)(F)F)Oc1ccccc1)C(=O)O. The van der Waals surface area contributed by atoms with E-state index in [1.165, 1.54) is 24.3 Å². The van der Waals surface area contributed by atoms with Crippen molar-refractivity contribution in [2.45, 2.75) is 18.5 Å². The predicted molar refractivity (Wildman–Crippen MR) is 73.8 cm³/mol. The van der Waals surface area contributed by atoms with E-state index in [1.54, 1.807) is 6.07 Å². The van der Waals surface area contributed by atoms with Crippen molar-refractivity contribution < 1.29 is 49.3 Å². The van der Waals surface area contributed by atoms with E-state index in [1.807, 2.05) is 0 Å². The summed E-state index contributed by atoms with van der Waals surface area (Å²) in [4.78, 5) is 10.7. The van der Waals surface area contributed by atoms with Gasteiger partial charge < -0.3 is 9.63 Å². The molecule has 1 rings (SSSR count). The van der Waals surface area contributed by atoms with E-state index in [0.29, 0.717) is 0 Å². The highest BCUT2D eigenvalue weighted by Gasteiger charge is 2.49. The molecular weight excluding hydrogens is 380 g/mol. The van der Waals surface area contributed by atoms with Crippen LogP contribution >= 0.6 is 7.60 Å². The zero-order valence-electron chi connectivity index (χ0n) is 12.0. The van der Waals surface area contributed by atoms with Crippen LogP contribution in [-0.4, -0.2) is 37.5 Å². The summed E-state index contributed by atoms with van der Waals surface area (Å²) in [6, 6.07) is 6.89. The number of rotatable bonds is 8. The van der Waals surface area contributed by atoms with Gasteiger partial charge in [0.1, 0.15) is 5.75 Å². The van der Waals surface area contributed by atoms with E-state index in [-0.39, 0.29) is 5.75 Å². The van der Waals surface area contributed by atoms with Crippen LogP contribution in [0.1, 0.15) is 6.92 Å². The van der Waals surface area contributed by atoms with Crippen molar-refractivity contribution in [2.24, 2.45) is 0 Å². The van der Waals surface area contributed by atoms with Crippen LogP contribution in [0.3, 0.4) is 0 Å². The van der Waals surface area contributed by atoms with Gasteiger partial charge in [0.2, 0.25) is 0 Å². The van der Waals surface area contributed by atoms with E-state index >= 15 is 0 Å². The molecule has 2 unspecified atom stereocenters. The molecule has 0 aliphatic rings. The standard InChI is InChI=1S/C11H12F3O8PS/c1-8(10(15)16)21-23(17,22-9-5-3-2-4-6-9)7-20-24(18,19)11(12,13)14/h2-6,8H,7H2,1H3,(H,15,16). The Bertz CT molecular complexity index is 719. The van der Waals surface area contributed by atoms with Gasteiger partial charge in [-0.05, 0) is 19.1 Å². The van der Waals surface area contributed by atoms with Gasteiger partial charge in [0.15, 0.2) is 12.5 Å². The summed E-state index contributed by atoms with van der Waals surface area (Å²) in [5, 5.41) is 8.73. The maximum absolute atomic E-state index is 12.4. The smallest absolute Gasteiger partial charge is 0.479 e. The van der Waals surface area contributed by atoms with E-state index in [4.69, 9.17) is 9.63 Å². The van der Waals surface area contributed by atoms with Gasteiger partial charge in [-0.3, -0.25) is 4.52 Å². The average Bonchev–Trinajstić information content (AvgIpc) is 2.45. The van der Waals surface area contributed by atoms with E-state index in [9.17, 15) is 30.9 Å². The monoisotopic (exact) mass is 392 g/mol. The molecule has 136 valence electrons. The fourth-order valence-electron chi connectivity index (χ4n) is 1.21. The van der Waals surface area contributed by atoms with Crippen molar-refractivity contribution in [3.8, 4) is 5.75 Å². The first-order valence-electron chi connectivity index (χ1n) is 6.07. The lowest BCUT2D eigenvalue weighted by atomic mass is 10.3. The molecule has 0 bridgehead atoms. The van der Waals surface area contributed by atoms with Gasteiger partial charge in [0, 0.05) is 0 Å². The molecule has 1 N–H and O–H groups in total. The Morgan fingerprint density at radius 1 is 1.29 bits per heavy atom. The second-order valence-electron chi connectivity index (χ2n) is 4.25. The zero-order chi connectivity index (χ0) is 18.6. The molecule has 24 heavy (non-hydrogen) atoms. The van der Waals surface area contributed by atoms with Crippen molar-refractivity contribution in [2.75, 3.05) is 6.35 Å². The third-order valence-corrected chi connectivity index (χ3v) is 5.05. The van der Waals surface area contributed by atoms with Crippen molar-refractivity contribution in [1.29, 1.82) is 0 Å². The van der Waals surface area contributed by atoms with Crippen LogP contribution in [-0.2, 0) is 28.2 Å². The highest BCUT2D eigenvalue weighted by Crippen LogP contribution is 2.50. The van der Waals surface area contributed by atoms with Crippen molar-refractivity contribution in [3.63, 3.8) is 0 Å².